The number of carbonyl (C=O) groups is 2. The maximum atomic E-state index is 13.2. The Labute approximate surface area is 167 Å². The van der Waals surface area contributed by atoms with Crippen LogP contribution in [0.1, 0.15) is 25.8 Å². The fourth-order valence-electron chi connectivity index (χ4n) is 4.84. The lowest BCUT2D eigenvalue weighted by atomic mass is 10.0. The van der Waals surface area contributed by atoms with Crippen molar-refractivity contribution >= 4 is 11.9 Å². The van der Waals surface area contributed by atoms with Gasteiger partial charge in [0, 0.05) is 33.2 Å². The van der Waals surface area contributed by atoms with Gasteiger partial charge in [0.05, 0.1) is 0 Å². The van der Waals surface area contributed by atoms with Gasteiger partial charge in [-0.05, 0) is 24.3 Å². The molecule has 1 aromatic carbocycles. The van der Waals surface area contributed by atoms with Crippen molar-refractivity contribution in [3.05, 3.63) is 35.9 Å². The first-order valence-corrected chi connectivity index (χ1v) is 10.4. The molecule has 3 amide bonds. The van der Waals surface area contributed by atoms with Crippen LogP contribution in [0.4, 0.5) is 4.79 Å². The van der Waals surface area contributed by atoms with Crippen LogP contribution in [0, 0.1) is 5.92 Å². The van der Waals surface area contributed by atoms with Gasteiger partial charge in [0.2, 0.25) is 0 Å². The number of hydrogen-bond acceptors (Lipinski definition) is 5. The third-order valence-electron chi connectivity index (χ3n) is 6.15. The number of rotatable bonds is 5. The van der Waals surface area contributed by atoms with Crippen molar-refractivity contribution in [2.24, 2.45) is 5.92 Å². The van der Waals surface area contributed by atoms with E-state index in [2.05, 4.69) is 46.3 Å². The standard InChI is InChI=1S/C21H31N5O2/c1-4-11-25-19(27)17-18(23(3)21(25)28)22-20-24(13-15(2)14-26(17)20)12-10-16-8-6-5-7-9-16/h5-9,15,17-18,20,22H,4,10-14H2,1-3H3. The molecule has 0 saturated carbocycles. The Morgan fingerprint density at radius 1 is 1.11 bits per heavy atom. The summed E-state index contributed by atoms with van der Waals surface area (Å²) in [4.78, 5) is 33.7. The third kappa shape index (κ3) is 3.32. The van der Waals surface area contributed by atoms with Crippen molar-refractivity contribution < 1.29 is 9.59 Å². The van der Waals surface area contributed by atoms with Crippen molar-refractivity contribution in [3.8, 4) is 0 Å². The highest BCUT2D eigenvalue weighted by molar-refractivity contribution is 6.00. The number of nitrogens with zero attached hydrogens (tertiary/aromatic N) is 4. The predicted octanol–water partition coefficient (Wildman–Crippen LogP) is 1.37. The van der Waals surface area contributed by atoms with E-state index >= 15 is 0 Å². The van der Waals surface area contributed by atoms with Crippen molar-refractivity contribution in [2.45, 2.75) is 45.2 Å². The quantitative estimate of drug-likeness (QED) is 0.830. The predicted molar refractivity (Wildman–Crippen MR) is 107 cm³/mol. The average Bonchev–Trinajstić information content (AvgIpc) is 3.08. The van der Waals surface area contributed by atoms with E-state index in [1.807, 2.05) is 13.0 Å². The van der Waals surface area contributed by atoms with Crippen molar-refractivity contribution in [1.29, 1.82) is 0 Å². The second kappa shape index (κ2) is 7.81. The van der Waals surface area contributed by atoms with Gasteiger partial charge in [0.25, 0.3) is 5.91 Å². The second-order valence-corrected chi connectivity index (χ2v) is 8.35. The summed E-state index contributed by atoms with van der Waals surface area (Å²) in [6.07, 6.45) is 1.48. The summed E-state index contributed by atoms with van der Waals surface area (Å²) in [6.45, 7) is 7.50. The summed E-state index contributed by atoms with van der Waals surface area (Å²) in [7, 11) is 1.80. The van der Waals surface area contributed by atoms with Gasteiger partial charge in [-0.1, -0.05) is 44.2 Å². The Kier molecular flexibility index (Phi) is 5.40. The number of hydrogen-bond donors (Lipinski definition) is 1. The topological polar surface area (TPSA) is 59.1 Å². The highest BCUT2D eigenvalue weighted by Crippen LogP contribution is 2.32. The normalized spacial score (nSPS) is 31.2. The first-order valence-electron chi connectivity index (χ1n) is 10.4. The van der Waals surface area contributed by atoms with E-state index in [1.54, 1.807) is 11.9 Å². The minimum atomic E-state index is -0.304. The average molecular weight is 386 g/mol. The first-order chi connectivity index (χ1) is 13.5. The van der Waals surface area contributed by atoms with Crippen molar-refractivity contribution in [1.82, 2.24) is 24.9 Å². The number of imide groups is 1. The Morgan fingerprint density at radius 2 is 1.86 bits per heavy atom. The summed E-state index contributed by atoms with van der Waals surface area (Å²) in [5, 5.41) is 3.58. The van der Waals surface area contributed by atoms with E-state index < -0.39 is 0 Å². The molecule has 4 unspecified atom stereocenters. The van der Waals surface area contributed by atoms with Gasteiger partial charge in [0.1, 0.15) is 18.5 Å². The first kappa shape index (κ1) is 19.4. The van der Waals surface area contributed by atoms with Gasteiger partial charge in [-0.15, -0.1) is 0 Å². The Bertz CT molecular complexity index is 727. The van der Waals surface area contributed by atoms with Crippen LogP contribution in [0.5, 0.6) is 0 Å². The van der Waals surface area contributed by atoms with Gasteiger partial charge in [-0.25, -0.2) is 4.79 Å². The molecular weight excluding hydrogens is 354 g/mol. The molecule has 152 valence electrons. The fourth-order valence-corrected chi connectivity index (χ4v) is 4.84. The summed E-state index contributed by atoms with van der Waals surface area (Å²) >= 11 is 0. The van der Waals surface area contributed by atoms with Crippen LogP contribution >= 0.6 is 0 Å². The summed E-state index contributed by atoms with van der Waals surface area (Å²) in [6, 6.07) is 10.0. The molecule has 4 rings (SSSR count). The molecule has 7 nitrogen and oxygen atoms in total. The molecule has 0 aromatic heterocycles. The molecule has 1 aromatic rings. The number of urea groups is 1. The van der Waals surface area contributed by atoms with Crippen molar-refractivity contribution in [2.75, 3.05) is 33.2 Å². The minimum absolute atomic E-state index is 0.00399. The molecular formula is C21H31N5O2. The lowest BCUT2D eigenvalue weighted by Crippen LogP contribution is -2.66. The third-order valence-corrected chi connectivity index (χ3v) is 6.15. The van der Waals surface area contributed by atoms with Crippen LogP contribution in [0.25, 0.3) is 0 Å². The zero-order chi connectivity index (χ0) is 19.8. The molecule has 3 saturated heterocycles. The molecule has 0 spiro atoms. The van der Waals surface area contributed by atoms with Crippen LogP contribution in [0.3, 0.4) is 0 Å². The molecule has 3 aliphatic heterocycles. The van der Waals surface area contributed by atoms with Gasteiger partial charge in [-0.3, -0.25) is 24.8 Å². The maximum Gasteiger partial charge on any atom is 0.327 e. The summed E-state index contributed by atoms with van der Waals surface area (Å²) in [5.74, 6) is 0.421. The number of nitrogens with one attached hydrogen (secondary N) is 1. The molecule has 0 aliphatic carbocycles. The summed E-state index contributed by atoms with van der Waals surface area (Å²) in [5.41, 5.74) is 1.32. The zero-order valence-corrected chi connectivity index (χ0v) is 17.0. The number of benzene rings is 1. The zero-order valence-electron chi connectivity index (χ0n) is 17.0. The molecule has 7 heteroatoms. The highest BCUT2D eigenvalue weighted by atomic mass is 16.2. The van der Waals surface area contributed by atoms with Crippen LogP contribution in [0.15, 0.2) is 30.3 Å². The van der Waals surface area contributed by atoms with Gasteiger partial charge in [0.15, 0.2) is 0 Å². The van der Waals surface area contributed by atoms with Crippen LogP contribution in [-0.4, -0.2) is 83.3 Å². The Hall–Kier alpha value is -1.96. The van der Waals surface area contributed by atoms with Crippen LogP contribution < -0.4 is 5.32 Å². The molecule has 0 bridgehead atoms. The molecule has 4 atom stereocenters. The fraction of sp³-hybridized carbons (Fsp3) is 0.619. The SMILES string of the molecule is CCCN1C(=O)C2C(NC3N(CCc4ccccc4)CC(C)CN23)N(C)C1=O. The molecule has 0 radical (unpaired) electrons. The maximum absolute atomic E-state index is 13.2. The van der Waals surface area contributed by atoms with E-state index in [-0.39, 0.29) is 30.4 Å². The highest BCUT2D eigenvalue weighted by Gasteiger charge is 2.56. The van der Waals surface area contributed by atoms with Crippen LogP contribution in [-0.2, 0) is 11.2 Å². The summed E-state index contributed by atoms with van der Waals surface area (Å²) < 4.78 is 0. The Morgan fingerprint density at radius 3 is 2.57 bits per heavy atom. The number of amides is 3. The van der Waals surface area contributed by atoms with E-state index in [4.69, 9.17) is 0 Å². The van der Waals surface area contributed by atoms with Gasteiger partial charge < -0.3 is 4.90 Å². The molecule has 3 fully saturated rings. The minimum Gasteiger partial charge on any atom is -0.310 e. The Balaban J connectivity index is 1.54. The number of carbonyl (C=O) groups excluding carboxylic acids is 2. The number of fused-ring (bicyclic) bond motifs is 3. The van der Waals surface area contributed by atoms with Gasteiger partial charge >= 0.3 is 6.03 Å². The number of likely N-dealkylation sites (N-methyl/N-ethyl adjacent to an activating group) is 1. The lowest BCUT2D eigenvalue weighted by molar-refractivity contribution is -0.140. The van der Waals surface area contributed by atoms with Crippen molar-refractivity contribution in [3.63, 3.8) is 0 Å². The largest absolute Gasteiger partial charge is 0.327 e. The van der Waals surface area contributed by atoms with E-state index in [0.717, 1.165) is 32.5 Å². The molecule has 28 heavy (non-hydrogen) atoms. The van der Waals surface area contributed by atoms with E-state index in [0.29, 0.717) is 12.5 Å². The lowest BCUT2D eigenvalue weighted by Gasteiger charge is -2.45. The molecule has 3 heterocycles. The monoisotopic (exact) mass is 385 g/mol. The van der Waals surface area contributed by atoms with Gasteiger partial charge in [-0.2, -0.15) is 0 Å². The van der Waals surface area contributed by atoms with E-state index in [1.165, 1.54) is 10.5 Å². The molecule has 3 aliphatic rings. The van der Waals surface area contributed by atoms with Crippen LogP contribution in [0.2, 0.25) is 0 Å². The van der Waals surface area contributed by atoms with E-state index in [9.17, 15) is 9.59 Å². The molecule has 1 N–H and O–H groups in total. The second-order valence-electron chi connectivity index (χ2n) is 8.35. The smallest absolute Gasteiger partial charge is 0.310 e.